The fraction of sp³-hybridized carbons (Fsp3) is 0.533. The van der Waals surface area contributed by atoms with Crippen molar-refractivity contribution in [3.63, 3.8) is 0 Å². The molecule has 0 spiro atoms. The fourth-order valence-corrected chi connectivity index (χ4v) is 1.89. The monoisotopic (exact) mass is 278 g/mol. The van der Waals surface area contributed by atoms with Gasteiger partial charge < -0.3 is 20.5 Å². The predicted octanol–water partition coefficient (Wildman–Crippen LogP) is 2.04. The summed E-state index contributed by atoms with van der Waals surface area (Å²) in [4.78, 5) is 12.0. The molecule has 110 valence electrons. The van der Waals surface area contributed by atoms with E-state index in [0.29, 0.717) is 13.2 Å². The van der Waals surface area contributed by atoms with Crippen LogP contribution < -0.4 is 11.1 Å². The van der Waals surface area contributed by atoms with E-state index in [1.165, 1.54) is 0 Å². The Labute approximate surface area is 119 Å². The van der Waals surface area contributed by atoms with Crippen LogP contribution in [0.25, 0.3) is 0 Å². The van der Waals surface area contributed by atoms with Crippen LogP contribution in [0.5, 0.6) is 0 Å². The Morgan fingerprint density at radius 3 is 2.30 bits per heavy atom. The average molecular weight is 278 g/mol. The smallest absolute Gasteiger partial charge is 0.241 e. The maximum atomic E-state index is 12.0. The molecular formula is C15H22N2O3. The number of ether oxygens (including phenoxy) is 2. The van der Waals surface area contributed by atoms with Gasteiger partial charge in [-0.1, -0.05) is 32.9 Å². The van der Waals surface area contributed by atoms with Crippen LogP contribution in [0.4, 0.5) is 5.69 Å². The van der Waals surface area contributed by atoms with E-state index < -0.39 is 6.04 Å². The Morgan fingerprint density at radius 2 is 1.80 bits per heavy atom. The Bertz CT molecular complexity index is 459. The maximum Gasteiger partial charge on any atom is 0.241 e. The van der Waals surface area contributed by atoms with Gasteiger partial charge >= 0.3 is 0 Å². The first kappa shape index (κ1) is 15.0. The molecule has 3 N–H and O–H groups in total. The Hall–Kier alpha value is -1.43. The molecule has 5 heteroatoms. The molecule has 0 aromatic heterocycles. The summed E-state index contributed by atoms with van der Waals surface area (Å²) >= 11 is 0. The molecule has 5 nitrogen and oxygen atoms in total. The van der Waals surface area contributed by atoms with Crippen molar-refractivity contribution in [2.75, 3.05) is 18.5 Å². The van der Waals surface area contributed by atoms with Gasteiger partial charge in [0, 0.05) is 11.3 Å². The molecule has 1 atom stereocenters. The zero-order chi connectivity index (χ0) is 14.8. The molecule has 2 rings (SSSR count). The third-order valence-corrected chi connectivity index (χ3v) is 3.29. The Kier molecular flexibility index (Phi) is 4.42. The van der Waals surface area contributed by atoms with Crippen LogP contribution in [-0.4, -0.2) is 25.2 Å². The summed E-state index contributed by atoms with van der Waals surface area (Å²) < 4.78 is 10.8. The highest BCUT2D eigenvalue weighted by molar-refractivity contribution is 5.95. The molecule has 1 heterocycles. The number of carbonyl (C=O) groups excluding carboxylic acids is 1. The van der Waals surface area contributed by atoms with E-state index in [2.05, 4.69) is 5.32 Å². The van der Waals surface area contributed by atoms with E-state index in [-0.39, 0.29) is 17.6 Å². The number of nitrogens with two attached hydrogens (primary N) is 1. The molecule has 1 aromatic carbocycles. The van der Waals surface area contributed by atoms with Gasteiger partial charge in [-0.25, -0.2) is 0 Å². The molecule has 1 saturated heterocycles. The van der Waals surface area contributed by atoms with Crippen molar-refractivity contribution < 1.29 is 14.3 Å². The topological polar surface area (TPSA) is 73.6 Å². The number of benzene rings is 1. The van der Waals surface area contributed by atoms with Crippen molar-refractivity contribution in [3.05, 3.63) is 29.8 Å². The van der Waals surface area contributed by atoms with Crippen LogP contribution in [-0.2, 0) is 14.3 Å². The molecule has 1 fully saturated rings. The standard InChI is InChI=1S/C15H22N2O3/c1-15(2,3)12(16)13(18)17-11-6-4-10(5-7-11)14-19-8-9-20-14/h4-7,12,14H,8-9,16H2,1-3H3,(H,17,18). The minimum absolute atomic E-state index is 0.182. The molecular weight excluding hydrogens is 256 g/mol. The summed E-state index contributed by atoms with van der Waals surface area (Å²) in [5.74, 6) is -0.182. The van der Waals surface area contributed by atoms with E-state index in [1.807, 2.05) is 45.0 Å². The van der Waals surface area contributed by atoms with Crippen LogP contribution in [0.3, 0.4) is 0 Å². The number of hydrogen-bond donors (Lipinski definition) is 2. The summed E-state index contributed by atoms with van der Waals surface area (Å²) in [5, 5.41) is 2.82. The Balaban J connectivity index is 1.98. The van der Waals surface area contributed by atoms with Gasteiger partial charge in [0.05, 0.1) is 19.3 Å². The molecule has 1 aliphatic rings. The van der Waals surface area contributed by atoms with Crippen molar-refractivity contribution >= 4 is 11.6 Å². The maximum absolute atomic E-state index is 12.0. The molecule has 0 bridgehead atoms. The van der Waals surface area contributed by atoms with E-state index in [0.717, 1.165) is 11.3 Å². The first-order valence-corrected chi connectivity index (χ1v) is 6.77. The van der Waals surface area contributed by atoms with E-state index in [9.17, 15) is 4.79 Å². The van der Waals surface area contributed by atoms with Crippen molar-refractivity contribution in [1.29, 1.82) is 0 Å². The first-order valence-electron chi connectivity index (χ1n) is 6.77. The number of hydrogen-bond acceptors (Lipinski definition) is 4. The van der Waals surface area contributed by atoms with Gasteiger partial charge in [0.15, 0.2) is 6.29 Å². The molecule has 0 radical (unpaired) electrons. The summed E-state index contributed by atoms with van der Waals surface area (Å²) in [6, 6.07) is 6.87. The summed E-state index contributed by atoms with van der Waals surface area (Å²) in [5.41, 5.74) is 7.32. The number of nitrogens with one attached hydrogen (secondary N) is 1. The van der Waals surface area contributed by atoms with Crippen LogP contribution in [0.1, 0.15) is 32.6 Å². The zero-order valence-electron chi connectivity index (χ0n) is 12.2. The molecule has 1 amide bonds. The van der Waals surface area contributed by atoms with Crippen molar-refractivity contribution in [2.24, 2.45) is 11.1 Å². The molecule has 0 aliphatic carbocycles. The second-order valence-electron chi connectivity index (χ2n) is 6.03. The van der Waals surface area contributed by atoms with Gasteiger partial charge in [0.1, 0.15) is 0 Å². The Morgan fingerprint density at radius 1 is 1.25 bits per heavy atom. The highest BCUT2D eigenvalue weighted by Crippen LogP contribution is 2.25. The number of amides is 1. The summed E-state index contributed by atoms with van der Waals surface area (Å²) in [7, 11) is 0. The normalized spacial score (nSPS) is 18.0. The first-order chi connectivity index (χ1) is 9.38. The van der Waals surface area contributed by atoms with Gasteiger partial charge in [-0.2, -0.15) is 0 Å². The minimum Gasteiger partial charge on any atom is -0.346 e. The highest BCUT2D eigenvalue weighted by atomic mass is 16.7. The number of rotatable bonds is 3. The molecule has 1 aromatic rings. The molecule has 1 unspecified atom stereocenters. The molecule has 1 aliphatic heterocycles. The van der Waals surface area contributed by atoms with Gasteiger partial charge in [-0.15, -0.1) is 0 Å². The van der Waals surface area contributed by atoms with Crippen LogP contribution in [0.2, 0.25) is 0 Å². The lowest BCUT2D eigenvalue weighted by molar-refractivity contribution is -0.119. The van der Waals surface area contributed by atoms with Gasteiger partial charge in [0.2, 0.25) is 5.91 Å². The van der Waals surface area contributed by atoms with Crippen LogP contribution in [0, 0.1) is 5.41 Å². The third-order valence-electron chi connectivity index (χ3n) is 3.29. The second-order valence-corrected chi connectivity index (χ2v) is 6.03. The van der Waals surface area contributed by atoms with Gasteiger partial charge in [0.25, 0.3) is 0 Å². The quantitative estimate of drug-likeness (QED) is 0.887. The van der Waals surface area contributed by atoms with E-state index >= 15 is 0 Å². The average Bonchev–Trinajstić information content (AvgIpc) is 2.91. The lowest BCUT2D eigenvalue weighted by Gasteiger charge is -2.25. The third kappa shape index (κ3) is 3.56. The lowest BCUT2D eigenvalue weighted by atomic mass is 9.87. The van der Waals surface area contributed by atoms with E-state index in [1.54, 1.807) is 0 Å². The molecule has 20 heavy (non-hydrogen) atoms. The minimum atomic E-state index is -0.552. The fourth-order valence-electron chi connectivity index (χ4n) is 1.89. The summed E-state index contributed by atoms with van der Waals surface area (Å²) in [6.07, 6.45) is -0.295. The van der Waals surface area contributed by atoms with Gasteiger partial charge in [-0.3, -0.25) is 4.79 Å². The van der Waals surface area contributed by atoms with Crippen molar-refractivity contribution in [2.45, 2.75) is 33.1 Å². The summed E-state index contributed by atoms with van der Waals surface area (Å²) in [6.45, 7) is 7.05. The predicted molar refractivity (Wildman–Crippen MR) is 77.1 cm³/mol. The largest absolute Gasteiger partial charge is 0.346 e. The van der Waals surface area contributed by atoms with Crippen LogP contribution >= 0.6 is 0 Å². The van der Waals surface area contributed by atoms with Crippen molar-refractivity contribution in [3.8, 4) is 0 Å². The van der Waals surface area contributed by atoms with E-state index in [4.69, 9.17) is 15.2 Å². The van der Waals surface area contributed by atoms with Gasteiger partial charge in [-0.05, 0) is 17.5 Å². The molecule has 0 saturated carbocycles. The zero-order valence-corrected chi connectivity index (χ0v) is 12.2. The number of carbonyl (C=O) groups is 1. The second kappa shape index (κ2) is 5.91. The van der Waals surface area contributed by atoms with Crippen molar-refractivity contribution in [1.82, 2.24) is 0 Å². The number of anilines is 1. The highest BCUT2D eigenvalue weighted by Gasteiger charge is 2.27. The SMILES string of the molecule is CC(C)(C)C(N)C(=O)Nc1ccc(C2OCCO2)cc1. The van der Waals surface area contributed by atoms with Crippen LogP contribution in [0.15, 0.2) is 24.3 Å². The lowest BCUT2D eigenvalue weighted by Crippen LogP contribution is -2.45.